The van der Waals surface area contributed by atoms with Crippen molar-refractivity contribution in [2.75, 3.05) is 33.9 Å². The lowest BCUT2D eigenvalue weighted by molar-refractivity contribution is 0.245. The Kier molecular flexibility index (Phi) is 4.44. The van der Waals surface area contributed by atoms with E-state index < -0.39 is 0 Å². The highest BCUT2D eigenvalue weighted by molar-refractivity contribution is 5.42. The van der Waals surface area contributed by atoms with Gasteiger partial charge in [-0.25, -0.2) is 0 Å². The van der Waals surface area contributed by atoms with Crippen LogP contribution in [0.4, 0.5) is 0 Å². The molecule has 18 heavy (non-hydrogen) atoms. The molecule has 0 saturated carbocycles. The molecule has 1 aliphatic rings. The van der Waals surface area contributed by atoms with Crippen LogP contribution in [0.15, 0.2) is 18.2 Å². The van der Waals surface area contributed by atoms with E-state index >= 15 is 0 Å². The van der Waals surface area contributed by atoms with Crippen molar-refractivity contribution in [2.45, 2.75) is 18.9 Å². The molecule has 0 unspecified atom stereocenters. The third-order valence-electron chi connectivity index (χ3n) is 3.60. The monoisotopic (exact) mass is 250 g/mol. The average Bonchev–Trinajstić information content (AvgIpc) is 2.94. The molecule has 0 spiro atoms. The van der Waals surface area contributed by atoms with E-state index in [1.165, 1.54) is 12.8 Å². The highest BCUT2D eigenvalue weighted by Crippen LogP contribution is 2.33. The lowest BCUT2D eigenvalue weighted by Gasteiger charge is -2.28. The first-order valence-corrected chi connectivity index (χ1v) is 6.46. The number of nitrogens with two attached hydrogens (primary N) is 1. The van der Waals surface area contributed by atoms with Crippen molar-refractivity contribution in [1.29, 1.82) is 0 Å². The normalized spacial score (nSPS) is 17.7. The molecule has 4 heteroatoms. The van der Waals surface area contributed by atoms with Crippen LogP contribution in [0, 0.1) is 0 Å². The van der Waals surface area contributed by atoms with Gasteiger partial charge in [0.2, 0.25) is 0 Å². The number of nitrogens with zero attached hydrogens (tertiary/aromatic N) is 1. The fourth-order valence-corrected chi connectivity index (χ4v) is 2.62. The van der Waals surface area contributed by atoms with E-state index in [0.717, 1.165) is 30.2 Å². The van der Waals surface area contributed by atoms with Crippen LogP contribution in [0.1, 0.15) is 24.4 Å². The zero-order chi connectivity index (χ0) is 13.0. The smallest absolute Gasteiger partial charge is 0.127 e. The topological polar surface area (TPSA) is 47.7 Å². The molecule has 1 atom stereocenters. The van der Waals surface area contributed by atoms with E-state index in [-0.39, 0.29) is 6.04 Å². The van der Waals surface area contributed by atoms with Crippen LogP contribution >= 0.6 is 0 Å². The second kappa shape index (κ2) is 6.07. The van der Waals surface area contributed by atoms with Gasteiger partial charge < -0.3 is 15.2 Å². The van der Waals surface area contributed by atoms with E-state index in [1.807, 2.05) is 12.1 Å². The van der Waals surface area contributed by atoms with Gasteiger partial charge >= 0.3 is 0 Å². The molecule has 0 aliphatic carbocycles. The van der Waals surface area contributed by atoms with Crippen LogP contribution in [0.25, 0.3) is 0 Å². The Labute approximate surface area is 109 Å². The molecule has 1 saturated heterocycles. The molecule has 0 bridgehead atoms. The predicted octanol–water partition coefficient (Wildman–Crippen LogP) is 1.80. The summed E-state index contributed by atoms with van der Waals surface area (Å²) in [5, 5.41) is 0. The summed E-state index contributed by atoms with van der Waals surface area (Å²) in [6.07, 6.45) is 2.52. The number of benzene rings is 1. The minimum absolute atomic E-state index is 0.244. The van der Waals surface area contributed by atoms with Gasteiger partial charge in [-0.1, -0.05) is 6.07 Å². The number of hydrogen-bond acceptors (Lipinski definition) is 4. The Morgan fingerprint density at radius 1 is 1.22 bits per heavy atom. The molecule has 1 fully saturated rings. The van der Waals surface area contributed by atoms with Crippen molar-refractivity contribution in [1.82, 2.24) is 4.90 Å². The lowest BCUT2D eigenvalue weighted by atomic mass is 10.0. The van der Waals surface area contributed by atoms with Crippen LogP contribution in [-0.4, -0.2) is 38.8 Å². The van der Waals surface area contributed by atoms with E-state index in [2.05, 4.69) is 11.0 Å². The van der Waals surface area contributed by atoms with Gasteiger partial charge in [0.1, 0.15) is 11.5 Å². The molecule has 2 rings (SSSR count). The zero-order valence-electron chi connectivity index (χ0n) is 11.2. The van der Waals surface area contributed by atoms with Crippen LogP contribution < -0.4 is 15.2 Å². The van der Waals surface area contributed by atoms with Crippen molar-refractivity contribution in [3.8, 4) is 11.5 Å². The molecule has 2 N–H and O–H groups in total. The van der Waals surface area contributed by atoms with Gasteiger partial charge in [-0.3, -0.25) is 4.90 Å². The van der Waals surface area contributed by atoms with Gasteiger partial charge in [-0.2, -0.15) is 0 Å². The maximum atomic E-state index is 5.95. The van der Waals surface area contributed by atoms with Gasteiger partial charge in [0, 0.05) is 18.2 Å². The van der Waals surface area contributed by atoms with E-state index in [1.54, 1.807) is 14.2 Å². The summed E-state index contributed by atoms with van der Waals surface area (Å²) in [5.74, 6) is 1.67. The fraction of sp³-hybridized carbons (Fsp3) is 0.571. The Morgan fingerprint density at radius 3 is 2.50 bits per heavy atom. The Morgan fingerprint density at radius 2 is 1.94 bits per heavy atom. The number of methoxy groups -OCH3 is 2. The first-order chi connectivity index (χ1) is 8.80. The van der Waals surface area contributed by atoms with Crippen molar-refractivity contribution in [3.63, 3.8) is 0 Å². The Hall–Kier alpha value is -1.26. The van der Waals surface area contributed by atoms with Crippen molar-refractivity contribution in [2.24, 2.45) is 5.73 Å². The lowest BCUT2D eigenvalue weighted by Crippen LogP contribution is -2.31. The largest absolute Gasteiger partial charge is 0.497 e. The van der Waals surface area contributed by atoms with Crippen molar-refractivity contribution in [3.05, 3.63) is 23.8 Å². The van der Waals surface area contributed by atoms with Crippen LogP contribution in [0.3, 0.4) is 0 Å². The summed E-state index contributed by atoms with van der Waals surface area (Å²) in [4.78, 5) is 2.43. The van der Waals surface area contributed by atoms with Crippen molar-refractivity contribution < 1.29 is 9.47 Å². The summed E-state index contributed by atoms with van der Waals surface area (Å²) >= 11 is 0. The molecule has 1 aromatic rings. The minimum atomic E-state index is 0.244. The summed E-state index contributed by atoms with van der Waals surface area (Å²) in [5.41, 5.74) is 7.11. The molecule has 1 heterocycles. The van der Waals surface area contributed by atoms with Crippen molar-refractivity contribution >= 4 is 0 Å². The van der Waals surface area contributed by atoms with Gasteiger partial charge in [-0.15, -0.1) is 0 Å². The summed E-state index contributed by atoms with van der Waals surface area (Å²) in [7, 11) is 3.35. The molecule has 4 nitrogen and oxygen atoms in total. The minimum Gasteiger partial charge on any atom is -0.497 e. The quantitative estimate of drug-likeness (QED) is 0.865. The summed E-state index contributed by atoms with van der Waals surface area (Å²) in [6.45, 7) is 2.86. The number of rotatable bonds is 5. The third-order valence-corrected chi connectivity index (χ3v) is 3.60. The standard InChI is InChI=1S/C14H22N2O2/c1-17-11-5-6-12(14(9-11)18-2)13(10-15)16-7-3-4-8-16/h5-6,9,13H,3-4,7-8,10,15H2,1-2H3/t13-/m0/s1. The van der Waals surface area contributed by atoms with Gasteiger partial charge in [0.25, 0.3) is 0 Å². The molecule has 0 aromatic heterocycles. The summed E-state index contributed by atoms with van der Waals surface area (Å²) in [6, 6.07) is 6.20. The van der Waals surface area contributed by atoms with E-state index in [9.17, 15) is 0 Å². The highest BCUT2D eigenvalue weighted by Gasteiger charge is 2.24. The zero-order valence-corrected chi connectivity index (χ0v) is 11.2. The van der Waals surface area contributed by atoms with E-state index in [0.29, 0.717) is 6.54 Å². The number of likely N-dealkylation sites (tertiary alicyclic amines) is 1. The van der Waals surface area contributed by atoms with Gasteiger partial charge in [-0.05, 0) is 32.0 Å². The molecule has 100 valence electrons. The molecular formula is C14H22N2O2. The Bertz CT molecular complexity index is 389. The van der Waals surface area contributed by atoms with Crippen LogP contribution in [0.2, 0.25) is 0 Å². The number of hydrogen-bond donors (Lipinski definition) is 1. The molecule has 0 amide bonds. The predicted molar refractivity (Wildman–Crippen MR) is 72.1 cm³/mol. The molecule has 0 radical (unpaired) electrons. The second-order valence-corrected chi connectivity index (χ2v) is 4.60. The first kappa shape index (κ1) is 13.2. The van der Waals surface area contributed by atoms with Gasteiger partial charge in [0.15, 0.2) is 0 Å². The third kappa shape index (κ3) is 2.60. The maximum absolute atomic E-state index is 5.95. The van der Waals surface area contributed by atoms with E-state index in [4.69, 9.17) is 15.2 Å². The highest BCUT2D eigenvalue weighted by atomic mass is 16.5. The number of ether oxygens (including phenoxy) is 2. The SMILES string of the molecule is COc1ccc([C@H](CN)N2CCCC2)c(OC)c1. The molecular weight excluding hydrogens is 228 g/mol. The summed E-state index contributed by atoms with van der Waals surface area (Å²) < 4.78 is 10.7. The van der Waals surface area contributed by atoms with Crippen LogP contribution in [0.5, 0.6) is 11.5 Å². The second-order valence-electron chi connectivity index (χ2n) is 4.60. The molecule has 1 aliphatic heterocycles. The molecule has 1 aromatic carbocycles. The van der Waals surface area contributed by atoms with Gasteiger partial charge in [0.05, 0.1) is 20.3 Å². The maximum Gasteiger partial charge on any atom is 0.127 e. The fourth-order valence-electron chi connectivity index (χ4n) is 2.62. The average molecular weight is 250 g/mol. The Balaban J connectivity index is 2.28. The first-order valence-electron chi connectivity index (χ1n) is 6.46. The van der Waals surface area contributed by atoms with Crippen LogP contribution in [-0.2, 0) is 0 Å².